The van der Waals surface area contributed by atoms with Crippen LogP contribution in [-0.2, 0) is 10.3 Å². The van der Waals surface area contributed by atoms with E-state index in [2.05, 4.69) is 5.32 Å². The molecule has 0 spiro atoms. The smallest absolute Gasteiger partial charge is 0.305 e. The van der Waals surface area contributed by atoms with Gasteiger partial charge in [-0.05, 0) is 12.6 Å². The van der Waals surface area contributed by atoms with Crippen LogP contribution >= 0.6 is 0 Å². The van der Waals surface area contributed by atoms with Crippen molar-refractivity contribution >= 4 is 5.97 Å². The number of carboxylic acid groups (broad SMARTS) is 1. The number of nitrogens with one attached hydrogen (secondary N) is 1. The first-order chi connectivity index (χ1) is 8.60. The zero-order chi connectivity index (χ0) is 13.2. The van der Waals surface area contributed by atoms with Crippen LogP contribution in [0.4, 0.5) is 0 Å². The van der Waals surface area contributed by atoms with Gasteiger partial charge in [-0.15, -0.1) is 0 Å². The lowest BCUT2D eigenvalue weighted by Crippen LogP contribution is -2.53. The van der Waals surface area contributed by atoms with Crippen LogP contribution in [0.15, 0.2) is 24.3 Å². The predicted octanol–water partition coefficient (Wildman–Crippen LogP) is 1.99. The van der Waals surface area contributed by atoms with Gasteiger partial charge in [0.25, 0.3) is 0 Å². The maximum absolute atomic E-state index is 11.2. The topological polar surface area (TPSA) is 58.6 Å². The number of hydrogen-bond acceptors (Lipinski definition) is 3. The summed E-state index contributed by atoms with van der Waals surface area (Å²) in [6, 6.07) is 7.69. The number of carboxylic acids is 1. The highest BCUT2D eigenvalue weighted by Gasteiger charge is 2.44. The van der Waals surface area contributed by atoms with Gasteiger partial charge in [0.15, 0.2) is 0 Å². The van der Waals surface area contributed by atoms with Crippen molar-refractivity contribution < 1.29 is 14.6 Å². The van der Waals surface area contributed by atoms with Crippen LogP contribution < -0.4 is 10.1 Å². The molecule has 2 unspecified atom stereocenters. The number of rotatable bonds is 4. The molecule has 0 radical (unpaired) electrons. The summed E-state index contributed by atoms with van der Waals surface area (Å²) in [6.07, 6.45) is 0.0718. The van der Waals surface area contributed by atoms with Gasteiger partial charge in [0, 0.05) is 11.5 Å². The fraction of sp³-hybridized carbons (Fsp3) is 0.500. The Morgan fingerprint density at radius 3 is 2.94 bits per heavy atom. The molecule has 0 fully saturated rings. The second-order valence-corrected chi connectivity index (χ2v) is 4.78. The van der Waals surface area contributed by atoms with E-state index in [1.807, 2.05) is 38.1 Å². The van der Waals surface area contributed by atoms with Crippen molar-refractivity contribution in [3.8, 4) is 5.75 Å². The van der Waals surface area contributed by atoms with E-state index in [4.69, 9.17) is 4.74 Å². The summed E-state index contributed by atoms with van der Waals surface area (Å²) in [5, 5.41) is 12.6. The highest BCUT2D eigenvalue weighted by atomic mass is 16.5. The molecule has 1 aromatic carbocycles. The molecule has 2 rings (SSSR count). The number of hydrogen-bond donors (Lipinski definition) is 2. The minimum atomic E-state index is -0.792. The maximum atomic E-state index is 11.2. The monoisotopic (exact) mass is 249 g/mol. The van der Waals surface area contributed by atoms with Crippen molar-refractivity contribution in [3.05, 3.63) is 29.8 Å². The van der Waals surface area contributed by atoms with Gasteiger partial charge in [0.05, 0.1) is 18.6 Å². The third-order valence-corrected chi connectivity index (χ3v) is 3.62. The molecular formula is C14H19NO3. The first-order valence-corrected chi connectivity index (χ1v) is 6.29. The van der Waals surface area contributed by atoms with E-state index in [9.17, 15) is 9.90 Å². The zero-order valence-corrected chi connectivity index (χ0v) is 10.8. The molecule has 0 amide bonds. The highest BCUT2D eigenvalue weighted by molar-refractivity contribution is 5.69. The number of fused-ring (bicyclic) bond motifs is 1. The molecule has 18 heavy (non-hydrogen) atoms. The molecule has 0 aromatic heterocycles. The Bertz CT molecular complexity index is 446. The Hall–Kier alpha value is -1.55. The van der Waals surface area contributed by atoms with E-state index >= 15 is 0 Å². The third-order valence-electron chi connectivity index (χ3n) is 3.62. The van der Waals surface area contributed by atoms with E-state index in [0.717, 1.165) is 17.9 Å². The molecule has 0 aliphatic carbocycles. The van der Waals surface area contributed by atoms with Gasteiger partial charge in [0.2, 0.25) is 0 Å². The molecule has 1 aliphatic rings. The van der Waals surface area contributed by atoms with Gasteiger partial charge in [-0.2, -0.15) is 0 Å². The lowest BCUT2D eigenvalue weighted by atomic mass is 9.74. The molecule has 2 atom stereocenters. The average Bonchev–Trinajstić information content (AvgIpc) is 2.34. The summed E-state index contributed by atoms with van der Waals surface area (Å²) in [4.78, 5) is 11.2. The molecule has 1 heterocycles. The first kappa shape index (κ1) is 12.9. The van der Waals surface area contributed by atoms with E-state index in [0.29, 0.717) is 6.61 Å². The number of ether oxygens (including phenoxy) is 1. The molecule has 1 aromatic rings. The van der Waals surface area contributed by atoms with Crippen LogP contribution in [0.25, 0.3) is 0 Å². The van der Waals surface area contributed by atoms with Gasteiger partial charge in [-0.1, -0.05) is 32.0 Å². The van der Waals surface area contributed by atoms with Crippen LogP contribution in [0.5, 0.6) is 5.75 Å². The van der Waals surface area contributed by atoms with Crippen molar-refractivity contribution in [2.24, 2.45) is 5.92 Å². The fourth-order valence-electron chi connectivity index (χ4n) is 2.74. The lowest BCUT2D eigenvalue weighted by molar-refractivity contribution is -0.140. The Morgan fingerprint density at radius 1 is 1.56 bits per heavy atom. The summed E-state index contributed by atoms with van der Waals surface area (Å²) in [5.41, 5.74) is 0.420. The molecule has 0 saturated carbocycles. The Labute approximate surface area is 107 Å². The van der Waals surface area contributed by atoms with Crippen molar-refractivity contribution in [3.63, 3.8) is 0 Å². The van der Waals surface area contributed by atoms with Crippen LogP contribution in [0.1, 0.15) is 25.8 Å². The molecule has 0 bridgehead atoms. The van der Waals surface area contributed by atoms with E-state index in [-0.39, 0.29) is 12.3 Å². The molecule has 4 heteroatoms. The quantitative estimate of drug-likeness (QED) is 0.856. The van der Waals surface area contributed by atoms with Crippen molar-refractivity contribution in [2.75, 3.05) is 13.2 Å². The molecule has 1 aliphatic heterocycles. The lowest BCUT2D eigenvalue weighted by Gasteiger charge is -2.43. The SMILES string of the molecule is CCNC1(CC(=O)O)c2ccccc2OCC1C. The normalized spacial score (nSPS) is 26.2. The fourth-order valence-corrected chi connectivity index (χ4v) is 2.74. The minimum Gasteiger partial charge on any atom is -0.493 e. The molecule has 2 N–H and O–H groups in total. The van der Waals surface area contributed by atoms with Gasteiger partial charge < -0.3 is 15.2 Å². The average molecular weight is 249 g/mol. The molecule has 0 saturated heterocycles. The number of carbonyl (C=O) groups is 1. The van der Waals surface area contributed by atoms with E-state index < -0.39 is 11.5 Å². The molecule has 98 valence electrons. The molecule has 4 nitrogen and oxygen atoms in total. The van der Waals surface area contributed by atoms with Crippen LogP contribution in [0.3, 0.4) is 0 Å². The summed E-state index contributed by atoms with van der Waals surface area (Å²) >= 11 is 0. The van der Waals surface area contributed by atoms with Gasteiger partial charge in [0.1, 0.15) is 5.75 Å². The van der Waals surface area contributed by atoms with E-state index in [1.165, 1.54) is 0 Å². The molecular weight excluding hydrogens is 230 g/mol. The highest BCUT2D eigenvalue weighted by Crippen LogP contribution is 2.42. The van der Waals surface area contributed by atoms with Crippen molar-refractivity contribution in [2.45, 2.75) is 25.8 Å². The number of aliphatic carboxylic acids is 1. The van der Waals surface area contributed by atoms with Crippen LogP contribution in [0, 0.1) is 5.92 Å². The van der Waals surface area contributed by atoms with Gasteiger partial charge in [-0.3, -0.25) is 4.79 Å². The standard InChI is InChI=1S/C14H19NO3/c1-3-15-14(8-13(16)17)10(2)9-18-12-7-5-4-6-11(12)14/h4-7,10,15H,3,8-9H2,1-2H3,(H,16,17). The van der Waals surface area contributed by atoms with Gasteiger partial charge in [-0.25, -0.2) is 0 Å². The number of benzene rings is 1. The van der Waals surface area contributed by atoms with Crippen molar-refractivity contribution in [1.29, 1.82) is 0 Å². The summed E-state index contributed by atoms with van der Waals surface area (Å²) < 4.78 is 5.69. The second-order valence-electron chi connectivity index (χ2n) is 4.78. The Kier molecular flexibility index (Phi) is 3.57. The predicted molar refractivity (Wildman–Crippen MR) is 68.7 cm³/mol. The Balaban J connectivity index is 2.51. The largest absolute Gasteiger partial charge is 0.493 e. The summed E-state index contributed by atoms with van der Waals surface area (Å²) in [6.45, 7) is 5.29. The summed E-state index contributed by atoms with van der Waals surface area (Å²) in [7, 11) is 0. The minimum absolute atomic E-state index is 0.0718. The van der Waals surface area contributed by atoms with E-state index in [1.54, 1.807) is 0 Å². The Morgan fingerprint density at radius 2 is 2.28 bits per heavy atom. The number of para-hydroxylation sites is 1. The second kappa shape index (κ2) is 4.98. The third kappa shape index (κ3) is 2.08. The maximum Gasteiger partial charge on any atom is 0.305 e. The first-order valence-electron chi connectivity index (χ1n) is 6.29. The zero-order valence-electron chi connectivity index (χ0n) is 10.8. The van der Waals surface area contributed by atoms with Crippen molar-refractivity contribution in [1.82, 2.24) is 5.32 Å². The summed E-state index contributed by atoms with van der Waals surface area (Å²) in [5.74, 6) is 0.112. The van der Waals surface area contributed by atoms with Crippen LogP contribution in [-0.4, -0.2) is 24.2 Å². The van der Waals surface area contributed by atoms with Crippen LogP contribution in [0.2, 0.25) is 0 Å². The van der Waals surface area contributed by atoms with Gasteiger partial charge >= 0.3 is 5.97 Å².